The number of ether oxygens (including phenoxy) is 1. The highest BCUT2D eigenvalue weighted by Gasteiger charge is 2.27. The van der Waals surface area contributed by atoms with Gasteiger partial charge in [-0.1, -0.05) is 12.1 Å². The summed E-state index contributed by atoms with van der Waals surface area (Å²) in [6.07, 6.45) is 5.16. The van der Waals surface area contributed by atoms with E-state index in [2.05, 4.69) is 9.97 Å². The second-order valence-corrected chi connectivity index (χ2v) is 7.44. The highest BCUT2D eigenvalue weighted by molar-refractivity contribution is 5.78. The highest BCUT2D eigenvalue weighted by atomic mass is 19.1. The molecule has 5 rings (SSSR count). The molecule has 0 aliphatic carbocycles. The Morgan fingerprint density at radius 1 is 1.21 bits per heavy atom. The van der Waals surface area contributed by atoms with Gasteiger partial charge in [0.25, 0.3) is 5.56 Å². The van der Waals surface area contributed by atoms with Crippen molar-refractivity contribution < 1.29 is 9.13 Å². The van der Waals surface area contributed by atoms with Gasteiger partial charge >= 0.3 is 0 Å². The van der Waals surface area contributed by atoms with Crippen molar-refractivity contribution in [2.24, 2.45) is 7.05 Å². The lowest BCUT2D eigenvalue weighted by Gasteiger charge is -2.09. The number of rotatable bonds is 4. The molecule has 0 saturated carbocycles. The Morgan fingerprint density at radius 3 is 2.76 bits per heavy atom. The van der Waals surface area contributed by atoms with Gasteiger partial charge in [0.1, 0.15) is 11.9 Å². The SMILES string of the molecule is Cc1cc(-c2cnc3ncn(Cc4ccc(C5CO5)c(F)c4)c3c2)cn(C)c1=O. The topological polar surface area (TPSA) is 65.2 Å². The monoisotopic (exact) mass is 390 g/mol. The number of epoxide rings is 1. The first-order chi connectivity index (χ1) is 14.0. The molecule has 1 aliphatic rings. The summed E-state index contributed by atoms with van der Waals surface area (Å²) in [4.78, 5) is 20.8. The van der Waals surface area contributed by atoms with Gasteiger partial charge in [0.2, 0.25) is 0 Å². The van der Waals surface area contributed by atoms with Crippen molar-refractivity contribution in [3.8, 4) is 11.1 Å². The quantitative estimate of drug-likeness (QED) is 0.501. The van der Waals surface area contributed by atoms with Crippen molar-refractivity contribution in [1.82, 2.24) is 19.1 Å². The number of halogens is 1. The summed E-state index contributed by atoms with van der Waals surface area (Å²) in [6.45, 7) is 2.87. The maximum absolute atomic E-state index is 14.3. The lowest BCUT2D eigenvalue weighted by Crippen LogP contribution is -2.18. The van der Waals surface area contributed by atoms with E-state index >= 15 is 0 Å². The summed E-state index contributed by atoms with van der Waals surface area (Å²) in [5, 5.41) is 0. The van der Waals surface area contributed by atoms with E-state index in [4.69, 9.17) is 4.74 Å². The molecule has 146 valence electrons. The molecular weight excluding hydrogens is 371 g/mol. The molecule has 29 heavy (non-hydrogen) atoms. The molecule has 3 aromatic heterocycles. The van der Waals surface area contributed by atoms with E-state index in [1.807, 2.05) is 22.8 Å². The number of benzene rings is 1. The van der Waals surface area contributed by atoms with Crippen LogP contribution in [-0.2, 0) is 18.3 Å². The number of hydrogen-bond donors (Lipinski definition) is 0. The van der Waals surface area contributed by atoms with Crippen molar-refractivity contribution in [3.63, 3.8) is 0 Å². The van der Waals surface area contributed by atoms with E-state index in [1.54, 1.807) is 49.4 Å². The predicted molar refractivity (Wildman–Crippen MR) is 107 cm³/mol. The van der Waals surface area contributed by atoms with E-state index < -0.39 is 0 Å². The van der Waals surface area contributed by atoms with E-state index in [9.17, 15) is 9.18 Å². The summed E-state index contributed by atoms with van der Waals surface area (Å²) in [5.41, 5.74) is 5.39. The first-order valence-electron chi connectivity index (χ1n) is 9.38. The average Bonchev–Trinajstić information content (AvgIpc) is 3.47. The lowest BCUT2D eigenvalue weighted by molar-refractivity contribution is 0.407. The van der Waals surface area contributed by atoms with Gasteiger partial charge in [-0.3, -0.25) is 4.79 Å². The summed E-state index contributed by atoms with van der Waals surface area (Å²) < 4.78 is 23.0. The van der Waals surface area contributed by atoms with Crippen LogP contribution in [0.2, 0.25) is 0 Å². The summed E-state index contributed by atoms with van der Waals surface area (Å²) in [7, 11) is 1.74. The van der Waals surface area contributed by atoms with Crippen LogP contribution in [0, 0.1) is 12.7 Å². The molecule has 1 unspecified atom stereocenters. The van der Waals surface area contributed by atoms with Gasteiger partial charge in [-0.05, 0) is 30.7 Å². The van der Waals surface area contributed by atoms with Crippen LogP contribution in [0.1, 0.15) is 22.8 Å². The van der Waals surface area contributed by atoms with Gasteiger partial charge in [-0.15, -0.1) is 0 Å². The minimum atomic E-state index is -0.242. The molecule has 4 heterocycles. The molecule has 1 aliphatic heterocycles. The predicted octanol–water partition coefficient (Wildman–Crippen LogP) is 3.36. The van der Waals surface area contributed by atoms with Crippen LogP contribution in [0.3, 0.4) is 0 Å². The second kappa shape index (κ2) is 6.63. The Labute approximate surface area is 166 Å². The van der Waals surface area contributed by atoms with Gasteiger partial charge in [-0.2, -0.15) is 0 Å². The third-order valence-electron chi connectivity index (χ3n) is 5.27. The van der Waals surface area contributed by atoms with Gasteiger partial charge in [-0.25, -0.2) is 14.4 Å². The normalized spacial score (nSPS) is 15.8. The zero-order valence-corrected chi connectivity index (χ0v) is 16.1. The average molecular weight is 390 g/mol. The number of aromatic nitrogens is 4. The molecule has 0 N–H and O–H groups in total. The van der Waals surface area contributed by atoms with Crippen molar-refractivity contribution in [2.75, 3.05) is 6.61 Å². The zero-order chi connectivity index (χ0) is 20.1. The Kier molecular flexibility index (Phi) is 4.06. The summed E-state index contributed by atoms with van der Waals surface area (Å²) in [6, 6.07) is 9.12. The molecule has 0 amide bonds. The molecule has 4 aromatic rings. The summed E-state index contributed by atoms with van der Waals surface area (Å²) in [5.74, 6) is -0.242. The molecule has 6 nitrogen and oxygen atoms in total. The van der Waals surface area contributed by atoms with Gasteiger partial charge < -0.3 is 13.9 Å². The third kappa shape index (κ3) is 3.23. The van der Waals surface area contributed by atoms with Crippen LogP contribution < -0.4 is 5.56 Å². The lowest BCUT2D eigenvalue weighted by atomic mass is 10.1. The Morgan fingerprint density at radius 2 is 2.03 bits per heavy atom. The molecule has 0 radical (unpaired) electrons. The van der Waals surface area contributed by atoms with Crippen molar-refractivity contribution in [1.29, 1.82) is 0 Å². The molecule has 1 saturated heterocycles. The van der Waals surface area contributed by atoms with Crippen molar-refractivity contribution in [3.05, 3.63) is 81.9 Å². The van der Waals surface area contributed by atoms with Gasteiger partial charge in [0.15, 0.2) is 5.65 Å². The van der Waals surface area contributed by atoms with Crippen LogP contribution in [0.4, 0.5) is 4.39 Å². The van der Waals surface area contributed by atoms with Crippen LogP contribution in [0.15, 0.2) is 53.8 Å². The largest absolute Gasteiger partial charge is 0.368 e. The zero-order valence-electron chi connectivity index (χ0n) is 16.1. The Bertz CT molecular complexity index is 1280. The van der Waals surface area contributed by atoms with Crippen LogP contribution in [0.25, 0.3) is 22.3 Å². The minimum absolute atomic E-state index is 0.0186. The van der Waals surface area contributed by atoms with Crippen molar-refractivity contribution in [2.45, 2.75) is 19.6 Å². The Balaban J connectivity index is 1.51. The van der Waals surface area contributed by atoms with Crippen LogP contribution >= 0.6 is 0 Å². The number of imidazole rings is 1. The van der Waals surface area contributed by atoms with E-state index in [0.717, 1.165) is 22.2 Å². The molecule has 1 atom stereocenters. The minimum Gasteiger partial charge on any atom is -0.368 e. The second-order valence-electron chi connectivity index (χ2n) is 7.44. The van der Waals surface area contributed by atoms with Crippen LogP contribution in [-0.4, -0.2) is 25.7 Å². The van der Waals surface area contributed by atoms with Crippen molar-refractivity contribution >= 4 is 11.2 Å². The maximum Gasteiger partial charge on any atom is 0.253 e. The molecule has 7 heteroatoms. The molecule has 0 spiro atoms. The molecule has 0 bridgehead atoms. The molecular formula is C22H19FN4O2. The van der Waals surface area contributed by atoms with E-state index in [0.29, 0.717) is 29.9 Å². The van der Waals surface area contributed by atoms with Gasteiger partial charge in [0, 0.05) is 48.2 Å². The number of aryl methyl sites for hydroxylation is 2. The number of nitrogens with zero attached hydrogens (tertiary/aromatic N) is 4. The number of pyridine rings is 2. The number of hydrogen-bond acceptors (Lipinski definition) is 4. The number of fused-ring (bicyclic) bond motifs is 1. The molecule has 1 aromatic carbocycles. The first kappa shape index (κ1) is 17.8. The highest BCUT2D eigenvalue weighted by Crippen LogP contribution is 2.32. The fourth-order valence-corrected chi connectivity index (χ4v) is 3.62. The van der Waals surface area contributed by atoms with E-state index in [1.165, 1.54) is 0 Å². The van der Waals surface area contributed by atoms with E-state index in [-0.39, 0.29) is 17.5 Å². The third-order valence-corrected chi connectivity index (χ3v) is 5.27. The fraction of sp³-hybridized carbons (Fsp3) is 0.227. The smallest absolute Gasteiger partial charge is 0.253 e. The standard InChI is InChI=1S/C22H19FN4O2/c1-13-5-16(10-26(2)22(13)28)15-7-19-21(24-8-15)25-12-27(19)9-14-3-4-17(18(23)6-14)20-11-29-20/h3-8,10,12,20H,9,11H2,1-2H3. The Hall–Kier alpha value is -3.32. The van der Waals surface area contributed by atoms with Gasteiger partial charge in [0.05, 0.1) is 18.5 Å². The fourth-order valence-electron chi connectivity index (χ4n) is 3.62. The maximum atomic E-state index is 14.3. The molecule has 1 fully saturated rings. The first-order valence-corrected chi connectivity index (χ1v) is 9.38. The summed E-state index contributed by atoms with van der Waals surface area (Å²) >= 11 is 0. The van der Waals surface area contributed by atoms with Crippen LogP contribution in [0.5, 0.6) is 0 Å².